The molecule has 2 unspecified atom stereocenters. The van der Waals surface area contributed by atoms with Crippen LogP contribution in [0.25, 0.3) is 0 Å². The zero-order chi connectivity index (χ0) is 15.4. The fourth-order valence-electron chi connectivity index (χ4n) is 2.32. The summed E-state index contributed by atoms with van der Waals surface area (Å²) in [6.07, 6.45) is 0. The molecule has 2 aromatic carbocycles. The maximum absolute atomic E-state index is 13.3. The van der Waals surface area contributed by atoms with E-state index in [-0.39, 0.29) is 5.56 Å². The average molecular weight is 288 g/mol. The Labute approximate surface area is 120 Å². The van der Waals surface area contributed by atoms with Crippen molar-refractivity contribution >= 4 is 11.9 Å². The third kappa shape index (κ3) is 3.25. The molecule has 0 spiro atoms. The van der Waals surface area contributed by atoms with Crippen molar-refractivity contribution in [3.8, 4) is 0 Å². The van der Waals surface area contributed by atoms with Crippen LogP contribution in [0, 0.1) is 5.82 Å². The summed E-state index contributed by atoms with van der Waals surface area (Å²) in [4.78, 5) is 23.1. The summed E-state index contributed by atoms with van der Waals surface area (Å²) in [5, 5.41) is 18.8. The molecule has 0 saturated carbocycles. The second-order valence-electron chi connectivity index (χ2n) is 4.60. The SMILES string of the molecule is O=C(O)C(c1ccccc1)C(C(=O)O)c1cccc(F)c1. The summed E-state index contributed by atoms with van der Waals surface area (Å²) in [6, 6.07) is 13.1. The van der Waals surface area contributed by atoms with Crippen LogP contribution in [0.1, 0.15) is 23.0 Å². The van der Waals surface area contributed by atoms with E-state index < -0.39 is 29.6 Å². The van der Waals surface area contributed by atoms with Crippen molar-refractivity contribution in [1.29, 1.82) is 0 Å². The van der Waals surface area contributed by atoms with Gasteiger partial charge >= 0.3 is 11.9 Å². The van der Waals surface area contributed by atoms with Gasteiger partial charge in [-0.15, -0.1) is 0 Å². The Morgan fingerprint density at radius 2 is 1.33 bits per heavy atom. The quantitative estimate of drug-likeness (QED) is 0.887. The van der Waals surface area contributed by atoms with Gasteiger partial charge in [-0.25, -0.2) is 4.39 Å². The number of rotatable bonds is 5. The molecule has 0 bridgehead atoms. The smallest absolute Gasteiger partial charge is 0.312 e. The molecule has 0 amide bonds. The molecular formula is C16H13FO4. The van der Waals surface area contributed by atoms with Gasteiger partial charge in [0.25, 0.3) is 0 Å². The Morgan fingerprint density at radius 3 is 1.86 bits per heavy atom. The normalized spacial score (nSPS) is 13.4. The topological polar surface area (TPSA) is 74.6 Å². The van der Waals surface area contributed by atoms with Crippen LogP contribution in [0.2, 0.25) is 0 Å². The predicted molar refractivity (Wildman–Crippen MR) is 73.6 cm³/mol. The van der Waals surface area contributed by atoms with Crippen molar-refractivity contribution in [1.82, 2.24) is 0 Å². The lowest BCUT2D eigenvalue weighted by atomic mass is 9.81. The third-order valence-corrected chi connectivity index (χ3v) is 3.23. The van der Waals surface area contributed by atoms with Crippen LogP contribution in [-0.4, -0.2) is 22.2 Å². The standard InChI is InChI=1S/C16H13FO4/c17-12-8-4-7-11(9-12)14(16(20)21)13(15(18)19)10-5-2-1-3-6-10/h1-9,13-14H,(H,18,19)(H,20,21). The number of hydrogen-bond acceptors (Lipinski definition) is 2. The first-order valence-electron chi connectivity index (χ1n) is 6.26. The molecule has 0 fully saturated rings. The molecule has 0 heterocycles. The number of carbonyl (C=O) groups is 2. The van der Waals surface area contributed by atoms with Crippen LogP contribution in [-0.2, 0) is 9.59 Å². The van der Waals surface area contributed by atoms with E-state index in [0.29, 0.717) is 5.56 Å². The summed E-state index contributed by atoms with van der Waals surface area (Å²) in [7, 11) is 0. The number of carboxylic acid groups (broad SMARTS) is 2. The maximum atomic E-state index is 13.3. The third-order valence-electron chi connectivity index (χ3n) is 3.23. The van der Waals surface area contributed by atoms with Gasteiger partial charge in [-0.05, 0) is 23.3 Å². The van der Waals surface area contributed by atoms with E-state index in [2.05, 4.69) is 0 Å². The Balaban J connectivity index is 2.53. The highest BCUT2D eigenvalue weighted by atomic mass is 19.1. The summed E-state index contributed by atoms with van der Waals surface area (Å²) in [5.41, 5.74) is 0.486. The molecule has 2 rings (SSSR count). The van der Waals surface area contributed by atoms with E-state index in [1.165, 1.54) is 18.2 Å². The summed E-state index contributed by atoms with van der Waals surface area (Å²) in [6.45, 7) is 0. The molecule has 0 aliphatic heterocycles. The first-order valence-corrected chi connectivity index (χ1v) is 6.26. The van der Waals surface area contributed by atoms with Gasteiger partial charge in [-0.3, -0.25) is 9.59 Å². The van der Waals surface area contributed by atoms with Gasteiger partial charge < -0.3 is 10.2 Å². The summed E-state index contributed by atoms with van der Waals surface area (Å²) in [5.74, 6) is -5.82. The van der Waals surface area contributed by atoms with Crippen molar-refractivity contribution < 1.29 is 24.2 Å². The largest absolute Gasteiger partial charge is 0.481 e. The molecule has 2 N–H and O–H groups in total. The molecule has 108 valence electrons. The lowest BCUT2D eigenvalue weighted by Crippen LogP contribution is -2.26. The van der Waals surface area contributed by atoms with Crippen molar-refractivity contribution in [3.63, 3.8) is 0 Å². The van der Waals surface area contributed by atoms with Crippen molar-refractivity contribution in [2.24, 2.45) is 0 Å². The van der Waals surface area contributed by atoms with Crippen LogP contribution >= 0.6 is 0 Å². The highest BCUT2D eigenvalue weighted by Crippen LogP contribution is 2.34. The first kappa shape index (κ1) is 14.7. The highest BCUT2D eigenvalue weighted by molar-refractivity contribution is 5.88. The minimum Gasteiger partial charge on any atom is -0.481 e. The van der Waals surface area contributed by atoms with E-state index >= 15 is 0 Å². The fourth-order valence-corrected chi connectivity index (χ4v) is 2.32. The van der Waals surface area contributed by atoms with Crippen LogP contribution in [0.4, 0.5) is 4.39 Å². The van der Waals surface area contributed by atoms with Gasteiger partial charge in [-0.2, -0.15) is 0 Å². The Hall–Kier alpha value is -2.69. The molecular weight excluding hydrogens is 275 g/mol. The number of benzene rings is 2. The van der Waals surface area contributed by atoms with Crippen molar-refractivity contribution in [2.45, 2.75) is 11.8 Å². The van der Waals surface area contributed by atoms with E-state index in [0.717, 1.165) is 6.07 Å². The second-order valence-corrected chi connectivity index (χ2v) is 4.60. The zero-order valence-corrected chi connectivity index (χ0v) is 10.9. The van der Waals surface area contributed by atoms with Crippen LogP contribution < -0.4 is 0 Å². The average Bonchev–Trinajstić information content (AvgIpc) is 2.44. The molecule has 4 nitrogen and oxygen atoms in total. The maximum Gasteiger partial charge on any atom is 0.312 e. The van der Waals surface area contributed by atoms with E-state index in [1.54, 1.807) is 30.3 Å². The number of halogens is 1. The molecule has 2 atom stereocenters. The van der Waals surface area contributed by atoms with Crippen molar-refractivity contribution in [2.75, 3.05) is 0 Å². The number of hydrogen-bond donors (Lipinski definition) is 2. The summed E-state index contributed by atoms with van der Waals surface area (Å²) >= 11 is 0. The molecule has 2 aromatic rings. The summed E-state index contributed by atoms with van der Waals surface area (Å²) < 4.78 is 13.3. The zero-order valence-electron chi connectivity index (χ0n) is 10.9. The fraction of sp³-hybridized carbons (Fsp3) is 0.125. The molecule has 21 heavy (non-hydrogen) atoms. The molecule has 5 heteroatoms. The van der Waals surface area contributed by atoms with Crippen LogP contribution in [0.3, 0.4) is 0 Å². The number of aliphatic carboxylic acids is 2. The molecule has 0 aliphatic carbocycles. The van der Waals surface area contributed by atoms with Gasteiger partial charge in [0.15, 0.2) is 0 Å². The lowest BCUT2D eigenvalue weighted by molar-refractivity contribution is -0.147. The van der Waals surface area contributed by atoms with Gasteiger partial charge in [0.05, 0.1) is 11.8 Å². The second kappa shape index (κ2) is 6.17. The first-order chi connectivity index (χ1) is 10.0. The van der Waals surface area contributed by atoms with E-state index in [9.17, 15) is 24.2 Å². The molecule has 0 aliphatic rings. The van der Waals surface area contributed by atoms with Gasteiger partial charge in [0.1, 0.15) is 5.82 Å². The highest BCUT2D eigenvalue weighted by Gasteiger charge is 2.36. The Morgan fingerprint density at radius 1 is 0.810 bits per heavy atom. The minimum atomic E-state index is -1.36. The van der Waals surface area contributed by atoms with Crippen molar-refractivity contribution in [3.05, 3.63) is 71.5 Å². The molecule has 0 saturated heterocycles. The van der Waals surface area contributed by atoms with Gasteiger partial charge in [0, 0.05) is 0 Å². The van der Waals surface area contributed by atoms with E-state index in [4.69, 9.17) is 0 Å². The van der Waals surface area contributed by atoms with Crippen LogP contribution in [0.5, 0.6) is 0 Å². The van der Waals surface area contributed by atoms with Gasteiger partial charge in [-0.1, -0.05) is 42.5 Å². The molecule has 0 aromatic heterocycles. The monoisotopic (exact) mass is 288 g/mol. The number of carboxylic acids is 2. The van der Waals surface area contributed by atoms with E-state index in [1.807, 2.05) is 0 Å². The predicted octanol–water partition coefficient (Wildman–Crippen LogP) is 2.86. The minimum absolute atomic E-state index is 0.124. The Kier molecular flexibility index (Phi) is 4.33. The molecule has 0 radical (unpaired) electrons. The van der Waals surface area contributed by atoms with Crippen LogP contribution in [0.15, 0.2) is 54.6 Å². The van der Waals surface area contributed by atoms with Gasteiger partial charge in [0.2, 0.25) is 0 Å². The Bertz CT molecular complexity index is 654. The lowest BCUT2D eigenvalue weighted by Gasteiger charge is -2.21.